The number of pyridine rings is 1. The lowest BCUT2D eigenvalue weighted by molar-refractivity contribution is -0.117. The molecule has 0 spiro atoms. The highest BCUT2D eigenvalue weighted by Crippen LogP contribution is 2.38. The van der Waals surface area contributed by atoms with Crippen molar-refractivity contribution in [2.24, 2.45) is 0 Å². The van der Waals surface area contributed by atoms with Crippen LogP contribution < -0.4 is 15.5 Å². The minimum Gasteiger partial charge on any atom is -0.455 e. The molecule has 1 amide bonds. The molecule has 1 heterocycles. The van der Waals surface area contributed by atoms with Gasteiger partial charge in [0.15, 0.2) is 11.2 Å². The Hall–Kier alpha value is -4.22. The van der Waals surface area contributed by atoms with Gasteiger partial charge in [-0.25, -0.2) is 9.24 Å². The molecular weight excluding hydrogens is 473 g/mol. The summed E-state index contributed by atoms with van der Waals surface area (Å²) in [7, 11) is 0. The van der Waals surface area contributed by atoms with Crippen molar-refractivity contribution in [2.75, 3.05) is 6.54 Å². The zero-order valence-corrected chi connectivity index (χ0v) is 21.4. The maximum atomic E-state index is 13.9. The normalized spacial score (nSPS) is 12.5. The predicted octanol–water partition coefficient (Wildman–Crippen LogP) is 5.24. The average Bonchev–Trinajstić information content (AvgIpc) is 3.28. The summed E-state index contributed by atoms with van der Waals surface area (Å²) in [6.07, 6.45) is 3.16. The Morgan fingerprint density at radius 2 is 1.92 bits per heavy atom. The van der Waals surface area contributed by atoms with Crippen LogP contribution in [0, 0.1) is 26.2 Å². The van der Waals surface area contributed by atoms with Crippen LogP contribution in [0.3, 0.4) is 0 Å². The number of benzene rings is 2. The van der Waals surface area contributed by atoms with Crippen molar-refractivity contribution in [2.45, 2.75) is 46.6 Å². The number of halogens is 1. The fourth-order valence-corrected chi connectivity index (χ4v) is 4.44. The summed E-state index contributed by atoms with van der Waals surface area (Å²) in [4.78, 5) is 29.0. The number of aliphatic hydroxyl groups is 1. The Labute approximate surface area is 214 Å². The van der Waals surface area contributed by atoms with E-state index in [1.54, 1.807) is 56.5 Å². The lowest BCUT2D eigenvalue weighted by Gasteiger charge is -2.23. The first-order valence-electron chi connectivity index (χ1n) is 11.9. The SMILES string of the molecule is [C-]#[N+]c1cn(-c2cc(C(C)(C)O)ccc2Oc2c(C)cc(F)cc2C)c2c(c1=O)CC(C(=O)NCC)=C2. The zero-order valence-electron chi connectivity index (χ0n) is 21.4. The summed E-state index contributed by atoms with van der Waals surface area (Å²) < 4.78 is 21.9. The molecule has 2 aromatic carbocycles. The van der Waals surface area contributed by atoms with Crippen LogP contribution in [0.1, 0.15) is 48.7 Å². The number of nitrogens with zero attached hydrogens (tertiary/aromatic N) is 2. The number of rotatable bonds is 6. The Morgan fingerprint density at radius 1 is 1.24 bits per heavy atom. The van der Waals surface area contributed by atoms with E-state index < -0.39 is 11.0 Å². The van der Waals surface area contributed by atoms with Crippen molar-refractivity contribution in [3.05, 3.63) is 97.5 Å². The largest absolute Gasteiger partial charge is 0.455 e. The molecule has 0 radical (unpaired) electrons. The molecule has 2 N–H and O–H groups in total. The lowest BCUT2D eigenvalue weighted by Crippen LogP contribution is -2.24. The van der Waals surface area contributed by atoms with E-state index in [9.17, 15) is 19.1 Å². The molecule has 37 heavy (non-hydrogen) atoms. The summed E-state index contributed by atoms with van der Waals surface area (Å²) in [5, 5.41) is 13.5. The maximum Gasteiger partial charge on any atom is 0.249 e. The van der Waals surface area contributed by atoms with Crippen LogP contribution in [0.2, 0.25) is 0 Å². The van der Waals surface area contributed by atoms with E-state index in [4.69, 9.17) is 11.3 Å². The standard InChI is InChI=1S/C29H28FN3O4/c1-7-32-28(35)18-12-21-23(13-18)33(15-22(31-6)26(21)34)24-14-19(29(4,5)36)8-9-25(24)37-27-16(2)10-20(30)11-17(27)3/h8-11,13-15,36H,7,12H2,1-5H3,(H,32,35). The first-order valence-corrected chi connectivity index (χ1v) is 11.9. The monoisotopic (exact) mass is 501 g/mol. The molecule has 4 rings (SSSR count). The number of carbonyl (C=O) groups excluding carboxylic acids is 1. The first kappa shape index (κ1) is 25.9. The van der Waals surface area contributed by atoms with Crippen LogP contribution in [-0.4, -0.2) is 22.1 Å². The zero-order chi connectivity index (χ0) is 27.1. The van der Waals surface area contributed by atoms with E-state index in [1.807, 2.05) is 6.92 Å². The molecule has 190 valence electrons. The summed E-state index contributed by atoms with van der Waals surface area (Å²) in [6, 6.07) is 7.89. The molecule has 1 aliphatic carbocycles. The van der Waals surface area contributed by atoms with E-state index in [2.05, 4.69) is 10.2 Å². The van der Waals surface area contributed by atoms with Gasteiger partial charge in [-0.2, -0.15) is 0 Å². The third kappa shape index (κ3) is 4.91. The third-order valence-electron chi connectivity index (χ3n) is 6.32. The summed E-state index contributed by atoms with van der Waals surface area (Å²) >= 11 is 0. The van der Waals surface area contributed by atoms with E-state index in [0.29, 0.717) is 57.3 Å². The highest BCUT2D eigenvalue weighted by atomic mass is 19.1. The average molecular weight is 502 g/mol. The number of fused-ring (bicyclic) bond motifs is 1. The van der Waals surface area contributed by atoms with Crippen LogP contribution in [0.5, 0.6) is 11.5 Å². The molecule has 0 saturated carbocycles. The van der Waals surface area contributed by atoms with Crippen molar-refractivity contribution in [3.8, 4) is 17.2 Å². The van der Waals surface area contributed by atoms with Crippen molar-refractivity contribution in [1.29, 1.82) is 0 Å². The van der Waals surface area contributed by atoms with Crippen molar-refractivity contribution in [1.82, 2.24) is 9.88 Å². The van der Waals surface area contributed by atoms with Crippen LogP contribution in [-0.2, 0) is 16.8 Å². The van der Waals surface area contributed by atoms with E-state index in [1.165, 1.54) is 18.3 Å². The smallest absolute Gasteiger partial charge is 0.249 e. The third-order valence-corrected chi connectivity index (χ3v) is 6.32. The molecular formula is C29H28FN3O4. The maximum absolute atomic E-state index is 13.9. The first-order chi connectivity index (χ1) is 17.4. The lowest BCUT2D eigenvalue weighted by atomic mass is 9.97. The number of hydrogen-bond acceptors (Lipinski definition) is 4. The highest BCUT2D eigenvalue weighted by molar-refractivity contribution is 6.00. The molecule has 1 aromatic heterocycles. The minimum atomic E-state index is -1.19. The summed E-state index contributed by atoms with van der Waals surface area (Å²) in [6.45, 7) is 16.6. The molecule has 0 aliphatic heterocycles. The number of aromatic nitrogens is 1. The topological polar surface area (TPSA) is 84.9 Å². The molecule has 8 heteroatoms. The number of nitrogens with one attached hydrogen (secondary N) is 1. The molecule has 7 nitrogen and oxygen atoms in total. The van der Waals surface area contributed by atoms with Gasteiger partial charge in [0.25, 0.3) is 0 Å². The second-order valence-corrected chi connectivity index (χ2v) is 9.61. The van der Waals surface area contributed by atoms with E-state index >= 15 is 0 Å². The van der Waals surface area contributed by atoms with Crippen LogP contribution in [0.25, 0.3) is 16.6 Å². The van der Waals surface area contributed by atoms with E-state index in [0.717, 1.165) is 0 Å². The number of ether oxygens (including phenoxy) is 1. The molecule has 3 aromatic rings. The second-order valence-electron chi connectivity index (χ2n) is 9.61. The Bertz CT molecular complexity index is 1530. The number of likely N-dealkylation sites (N-methyl/N-ethyl adjacent to an activating group) is 1. The highest BCUT2D eigenvalue weighted by Gasteiger charge is 2.27. The Kier molecular flexibility index (Phi) is 6.76. The van der Waals surface area contributed by atoms with Gasteiger partial charge in [-0.1, -0.05) is 6.07 Å². The van der Waals surface area contributed by atoms with Crippen molar-refractivity contribution >= 4 is 17.7 Å². The number of hydrogen-bond donors (Lipinski definition) is 2. The van der Waals surface area contributed by atoms with Gasteiger partial charge < -0.3 is 24.5 Å². The number of aryl methyl sites for hydroxylation is 2. The van der Waals surface area contributed by atoms with Gasteiger partial charge >= 0.3 is 0 Å². The number of carbonyl (C=O) groups is 1. The van der Waals surface area contributed by atoms with Gasteiger partial charge in [0.1, 0.15) is 11.6 Å². The van der Waals surface area contributed by atoms with Crippen LogP contribution >= 0.6 is 0 Å². The van der Waals surface area contributed by atoms with Gasteiger partial charge in [0.2, 0.25) is 11.6 Å². The van der Waals surface area contributed by atoms with Crippen molar-refractivity contribution in [3.63, 3.8) is 0 Å². The Morgan fingerprint density at radius 3 is 2.51 bits per heavy atom. The van der Waals surface area contributed by atoms with E-state index in [-0.39, 0.29) is 23.8 Å². The van der Waals surface area contributed by atoms with Crippen molar-refractivity contribution < 1.29 is 19.0 Å². The molecule has 0 unspecified atom stereocenters. The predicted molar refractivity (Wildman–Crippen MR) is 140 cm³/mol. The van der Waals surface area contributed by atoms with Gasteiger partial charge in [0, 0.05) is 30.3 Å². The van der Waals surface area contributed by atoms with Gasteiger partial charge in [-0.05, 0) is 81.7 Å². The quantitative estimate of drug-likeness (QED) is 0.453. The molecule has 1 aliphatic rings. The minimum absolute atomic E-state index is 0.0981. The molecule has 0 atom stereocenters. The van der Waals surface area contributed by atoms with Gasteiger partial charge in [0.05, 0.1) is 23.6 Å². The fourth-order valence-electron chi connectivity index (χ4n) is 4.44. The molecule has 0 fully saturated rings. The van der Waals surface area contributed by atoms with Gasteiger partial charge in [-0.15, -0.1) is 0 Å². The van der Waals surface area contributed by atoms with Crippen LogP contribution in [0.15, 0.2) is 46.9 Å². The fraction of sp³-hybridized carbons (Fsp3) is 0.276. The van der Waals surface area contributed by atoms with Gasteiger partial charge in [-0.3, -0.25) is 4.79 Å². The van der Waals surface area contributed by atoms with Crippen LogP contribution in [0.4, 0.5) is 10.1 Å². The second kappa shape index (κ2) is 9.68. The molecule has 0 saturated heterocycles. The summed E-state index contributed by atoms with van der Waals surface area (Å²) in [5.74, 6) is 0.184. The Balaban J connectivity index is 1.99. The molecule has 0 bridgehead atoms. The summed E-state index contributed by atoms with van der Waals surface area (Å²) in [5.41, 5.74) is 1.72. The number of amides is 1.